The fraction of sp³-hybridized carbons (Fsp3) is 0.909. The van der Waals surface area contributed by atoms with E-state index in [9.17, 15) is 4.79 Å². The number of likely N-dealkylation sites (N-methyl/N-ethyl adjacent to an activating group) is 1. The van der Waals surface area contributed by atoms with Gasteiger partial charge in [-0.15, -0.1) is 0 Å². The van der Waals surface area contributed by atoms with Crippen LogP contribution in [0.25, 0.3) is 0 Å². The number of ether oxygens (including phenoxy) is 2. The number of nitrogens with one attached hydrogen (secondary N) is 1. The third kappa shape index (κ3) is 5.44. The van der Waals surface area contributed by atoms with Crippen molar-refractivity contribution in [1.29, 1.82) is 0 Å². The molecule has 0 saturated heterocycles. The minimum Gasteiger partial charge on any atom is -0.480 e. The lowest BCUT2D eigenvalue weighted by Gasteiger charge is -2.27. The zero-order valence-corrected chi connectivity index (χ0v) is 10.6. The van der Waals surface area contributed by atoms with Crippen LogP contribution in [0.2, 0.25) is 0 Å². The summed E-state index contributed by atoms with van der Waals surface area (Å²) >= 11 is 0. The Hall–Kier alpha value is -0.650. The van der Waals surface area contributed by atoms with E-state index in [2.05, 4.69) is 5.32 Å². The molecule has 0 aromatic heterocycles. The lowest BCUT2D eigenvalue weighted by Crippen LogP contribution is -2.53. The summed E-state index contributed by atoms with van der Waals surface area (Å²) in [6.07, 6.45) is -0.0997. The summed E-state index contributed by atoms with van der Waals surface area (Å²) < 4.78 is 10.6. The predicted molar refractivity (Wildman–Crippen MR) is 61.6 cm³/mol. The van der Waals surface area contributed by atoms with Gasteiger partial charge in [0.25, 0.3) is 0 Å². The van der Waals surface area contributed by atoms with Crippen LogP contribution in [0.3, 0.4) is 0 Å². The molecule has 0 aromatic carbocycles. The molecule has 0 rings (SSSR count). The second-order valence-corrected chi connectivity index (χ2v) is 3.95. The van der Waals surface area contributed by atoms with Crippen LogP contribution < -0.4 is 5.32 Å². The van der Waals surface area contributed by atoms with Crippen molar-refractivity contribution >= 4 is 5.97 Å². The molecule has 2 atom stereocenters. The molecule has 96 valence electrons. The first-order valence-electron chi connectivity index (χ1n) is 5.64. The number of hydrogen-bond acceptors (Lipinski definition) is 4. The van der Waals surface area contributed by atoms with Crippen LogP contribution in [-0.2, 0) is 14.3 Å². The van der Waals surface area contributed by atoms with Gasteiger partial charge in [-0.25, -0.2) is 0 Å². The van der Waals surface area contributed by atoms with E-state index < -0.39 is 11.5 Å². The second-order valence-electron chi connectivity index (χ2n) is 3.95. The van der Waals surface area contributed by atoms with E-state index in [1.165, 1.54) is 0 Å². The van der Waals surface area contributed by atoms with Crippen LogP contribution in [0, 0.1) is 0 Å². The number of rotatable bonds is 9. The fourth-order valence-corrected chi connectivity index (χ4v) is 1.22. The predicted octanol–water partition coefficient (Wildman–Crippen LogP) is 0.881. The zero-order chi connectivity index (χ0) is 12.6. The van der Waals surface area contributed by atoms with Crippen molar-refractivity contribution < 1.29 is 19.4 Å². The molecule has 0 amide bonds. The van der Waals surface area contributed by atoms with Gasteiger partial charge in [0, 0.05) is 6.61 Å². The van der Waals surface area contributed by atoms with Crippen molar-refractivity contribution in [2.75, 3.05) is 26.4 Å². The Labute approximate surface area is 97.1 Å². The first kappa shape index (κ1) is 15.3. The minimum atomic E-state index is -1.03. The Morgan fingerprint density at radius 2 is 2.12 bits per heavy atom. The topological polar surface area (TPSA) is 67.8 Å². The van der Waals surface area contributed by atoms with E-state index in [1.54, 1.807) is 6.92 Å². The summed E-state index contributed by atoms with van der Waals surface area (Å²) in [5, 5.41) is 12.0. The molecular weight excluding hydrogens is 210 g/mol. The molecule has 0 aliphatic carbocycles. The molecular formula is C11H23NO4. The number of carbonyl (C=O) groups is 1. The van der Waals surface area contributed by atoms with Crippen molar-refractivity contribution in [2.45, 2.75) is 39.3 Å². The number of carboxylic acid groups (broad SMARTS) is 1. The zero-order valence-electron chi connectivity index (χ0n) is 10.6. The largest absolute Gasteiger partial charge is 0.480 e. The summed E-state index contributed by atoms with van der Waals surface area (Å²) in [5.74, 6) is -0.905. The van der Waals surface area contributed by atoms with Crippen LogP contribution >= 0.6 is 0 Å². The van der Waals surface area contributed by atoms with Crippen LogP contribution in [0.4, 0.5) is 0 Å². The van der Waals surface area contributed by atoms with E-state index in [-0.39, 0.29) is 12.7 Å². The highest BCUT2D eigenvalue weighted by atomic mass is 16.5. The highest BCUT2D eigenvalue weighted by Crippen LogP contribution is 2.07. The van der Waals surface area contributed by atoms with Gasteiger partial charge in [-0.3, -0.25) is 4.79 Å². The van der Waals surface area contributed by atoms with Crippen LogP contribution in [0.5, 0.6) is 0 Å². The molecule has 0 saturated carbocycles. The maximum absolute atomic E-state index is 11.1. The molecule has 5 nitrogen and oxygen atoms in total. The molecule has 0 aliphatic heterocycles. The molecule has 0 radical (unpaired) electrons. The SMILES string of the molecule is CCNC(C)(COC(C)COCC)C(=O)O. The molecule has 0 heterocycles. The molecule has 0 aliphatic rings. The highest BCUT2D eigenvalue weighted by molar-refractivity contribution is 5.78. The summed E-state index contributed by atoms with van der Waals surface area (Å²) in [7, 11) is 0. The lowest BCUT2D eigenvalue weighted by molar-refractivity contribution is -0.148. The summed E-state index contributed by atoms with van der Waals surface area (Å²) in [6.45, 7) is 9.10. The molecule has 2 unspecified atom stereocenters. The summed E-state index contributed by atoms with van der Waals surface area (Å²) in [6, 6.07) is 0. The van der Waals surface area contributed by atoms with Gasteiger partial charge in [0.15, 0.2) is 0 Å². The van der Waals surface area contributed by atoms with Crippen molar-refractivity contribution in [1.82, 2.24) is 5.32 Å². The van der Waals surface area contributed by atoms with E-state index in [0.29, 0.717) is 19.8 Å². The van der Waals surface area contributed by atoms with Crippen molar-refractivity contribution in [3.63, 3.8) is 0 Å². The van der Waals surface area contributed by atoms with Crippen molar-refractivity contribution in [3.05, 3.63) is 0 Å². The smallest absolute Gasteiger partial charge is 0.326 e. The van der Waals surface area contributed by atoms with Crippen molar-refractivity contribution in [3.8, 4) is 0 Å². The van der Waals surface area contributed by atoms with E-state index >= 15 is 0 Å². The van der Waals surface area contributed by atoms with Gasteiger partial charge in [-0.2, -0.15) is 0 Å². The Kier molecular flexibility index (Phi) is 7.29. The maximum Gasteiger partial charge on any atom is 0.326 e. The highest BCUT2D eigenvalue weighted by Gasteiger charge is 2.32. The molecule has 16 heavy (non-hydrogen) atoms. The van der Waals surface area contributed by atoms with Gasteiger partial charge in [0.1, 0.15) is 5.54 Å². The number of aliphatic carboxylic acids is 1. The monoisotopic (exact) mass is 233 g/mol. The first-order valence-corrected chi connectivity index (χ1v) is 5.64. The molecule has 0 fully saturated rings. The Morgan fingerprint density at radius 1 is 1.50 bits per heavy atom. The molecule has 0 bridgehead atoms. The van der Waals surface area contributed by atoms with Gasteiger partial charge >= 0.3 is 5.97 Å². The number of carboxylic acids is 1. The fourth-order valence-electron chi connectivity index (χ4n) is 1.22. The third-order valence-corrected chi connectivity index (χ3v) is 2.25. The average Bonchev–Trinajstić information content (AvgIpc) is 2.23. The van der Waals surface area contributed by atoms with Gasteiger partial charge in [0.2, 0.25) is 0 Å². The first-order chi connectivity index (χ1) is 7.46. The molecule has 0 aromatic rings. The third-order valence-electron chi connectivity index (χ3n) is 2.25. The standard InChI is InChI=1S/C11H23NO4/c1-5-12-11(4,10(13)14)8-16-9(3)7-15-6-2/h9,12H,5-8H2,1-4H3,(H,13,14). The lowest BCUT2D eigenvalue weighted by atomic mass is 10.0. The van der Waals surface area contributed by atoms with E-state index in [4.69, 9.17) is 14.6 Å². The van der Waals surface area contributed by atoms with Crippen LogP contribution in [0.1, 0.15) is 27.7 Å². The molecule has 2 N–H and O–H groups in total. The van der Waals surface area contributed by atoms with E-state index in [0.717, 1.165) is 0 Å². The minimum absolute atomic E-state index is 0.0997. The Balaban J connectivity index is 4.06. The number of hydrogen-bond donors (Lipinski definition) is 2. The molecule has 0 spiro atoms. The van der Waals surface area contributed by atoms with Gasteiger partial charge in [0.05, 0.1) is 19.3 Å². The second kappa shape index (κ2) is 7.60. The van der Waals surface area contributed by atoms with Crippen molar-refractivity contribution in [2.24, 2.45) is 0 Å². The van der Waals surface area contributed by atoms with Gasteiger partial charge < -0.3 is 19.9 Å². The average molecular weight is 233 g/mol. The Morgan fingerprint density at radius 3 is 2.56 bits per heavy atom. The van der Waals surface area contributed by atoms with E-state index in [1.807, 2.05) is 20.8 Å². The quantitative estimate of drug-likeness (QED) is 0.619. The summed E-state index contributed by atoms with van der Waals surface area (Å²) in [5.41, 5.74) is -1.03. The molecule has 5 heteroatoms. The van der Waals surface area contributed by atoms with Gasteiger partial charge in [-0.1, -0.05) is 6.92 Å². The van der Waals surface area contributed by atoms with Gasteiger partial charge in [-0.05, 0) is 27.3 Å². The van der Waals surface area contributed by atoms with Crippen LogP contribution in [0.15, 0.2) is 0 Å². The maximum atomic E-state index is 11.1. The Bertz CT molecular complexity index is 210. The summed E-state index contributed by atoms with van der Waals surface area (Å²) in [4.78, 5) is 11.1. The van der Waals surface area contributed by atoms with Crippen LogP contribution in [-0.4, -0.2) is 49.1 Å². The normalized spacial score (nSPS) is 16.8.